The number of hydrogen-bond donors (Lipinski definition) is 1. The van der Waals surface area contributed by atoms with Crippen LogP contribution in [0, 0.1) is 5.92 Å². The Balaban J connectivity index is 1.74. The summed E-state index contributed by atoms with van der Waals surface area (Å²) in [6.07, 6.45) is 9.06. The Bertz CT molecular complexity index is 728. The van der Waals surface area contributed by atoms with Crippen LogP contribution < -0.4 is 14.8 Å². The first-order valence-corrected chi connectivity index (χ1v) is 10.0. The van der Waals surface area contributed by atoms with Crippen molar-refractivity contribution in [1.82, 2.24) is 5.32 Å². The summed E-state index contributed by atoms with van der Waals surface area (Å²) >= 11 is 7.36. The van der Waals surface area contributed by atoms with Gasteiger partial charge in [-0.2, -0.15) is 0 Å². The fraction of sp³-hybridized carbons (Fsp3) is 0.474. The molecule has 1 saturated heterocycles. The lowest BCUT2D eigenvalue weighted by Gasteiger charge is -2.22. The lowest BCUT2D eigenvalue weighted by molar-refractivity contribution is -0.115. The van der Waals surface area contributed by atoms with Gasteiger partial charge in [0.15, 0.2) is 11.5 Å². The largest absolute Gasteiger partial charge is 0.493 e. The fourth-order valence-corrected chi connectivity index (χ4v) is 4.26. The maximum atomic E-state index is 11.7. The Morgan fingerprint density at radius 1 is 1.27 bits per heavy atom. The zero-order chi connectivity index (χ0) is 18.5. The highest BCUT2D eigenvalue weighted by Crippen LogP contribution is 2.40. The van der Waals surface area contributed by atoms with Crippen molar-refractivity contribution in [2.75, 3.05) is 13.7 Å². The average molecular weight is 396 g/mol. The van der Waals surface area contributed by atoms with Crippen LogP contribution in [0.15, 0.2) is 17.0 Å². The third kappa shape index (κ3) is 4.54. The first kappa shape index (κ1) is 19.1. The molecule has 1 saturated carbocycles. The van der Waals surface area contributed by atoms with Crippen LogP contribution in [0.2, 0.25) is 5.02 Å². The third-order valence-electron chi connectivity index (χ3n) is 4.74. The molecule has 1 aromatic rings. The number of amides is 2. The van der Waals surface area contributed by atoms with E-state index in [4.69, 9.17) is 21.1 Å². The molecular weight excluding hydrogens is 374 g/mol. The highest BCUT2D eigenvalue weighted by atomic mass is 35.5. The van der Waals surface area contributed by atoms with Crippen LogP contribution in [0.3, 0.4) is 0 Å². The number of nitrogens with one attached hydrogen (secondary N) is 1. The van der Waals surface area contributed by atoms with E-state index in [1.807, 2.05) is 0 Å². The summed E-state index contributed by atoms with van der Waals surface area (Å²) in [5.74, 6) is 1.34. The lowest BCUT2D eigenvalue weighted by Crippen LogP contribution is -2.17. The molecular formula is C19H22ClNO4S. The average Bonchev–Trinajstić information content (AvgIpc) is 2.96. The number of rotatable bonds is 6. The van der Waals surface area contributed by atoms with Crippen LogP contribution in [-0.2, 0) is 4.79 Å². The van der Waals surface area contributed by atoms with E-state index in [-0.39, 0.29) is 5.24 Å². The molecule has 1 aromatic carbocycles. The Morgan fingerprint density at radius 3 is 2.69 bits per heavy atom. The van der Waals surface area contributed by atoms with Gasteiger partial charge >= 0.3 is 0 Å². The van der Waals surface area contributed by atoms with Gasteiger partial charge < -0.3 is 9.47 Å². The molecule has 1 aliphatic carbocycles. The van der Waals surface area contributed by atoms with Crippen molar-refractivity contribution in [2.45, 2.75) is 38.5 Å². The number of halogens is 1. The third-order valence-corrected chi connectivity index (χ3v) is 5.94. The topological polar surface area (TPSA) is 64.6 Å². The normalized spacial score (nSPS) is 19.7. The highest BCUT2D eigenvalue weighted by molar-refractivity contribution is 8.18. The molecule has 0 bridgehead atoms. The molecule has 2 aliphatic rings. The molecule has 2 fully saturated rings. The van der Waals surface area contributed by atoms with Crippen molar-refractivity contribution in [2.24, 2.45) is 5.92 Å². The monoisotopic (exact) mass is 395 g/mol. The van der Waals surface area contributed by atoms with Gasteiger partial charge in [-0.25, -0.2) is 0 Å². The Kier molecular flexibility index (Phi) is 6.48. The molecule has 140 valence electrons. The van der Waals surface area contributed by atoms with Crippen LogP contribution in [0.25, 0.3) is 6.08 Å². The molecule has 2 amide bonds. The number of methoxy groups -OCH3 is 1. The molecule has 0 aromatic heterocycles. The van der Waals surface area contributed by atoms with E-state index in [9.17, 15) is 9.59 Å². The minimum Gasteiger partial charge on any atom is -0.493 e. The number of ether oxygens (including phenoxy) is 2. The zero-order valence-corrected chi connectivity index (χ0v) is 16.3. The molecule has 0 spiro atoms. The van der Waals surface area contributed by atoms with Gasteiger partial charge in [0.1, 0.15) is 0 Å². The first-order chi connectivity index (χ1) is 12.6. The molecule has 26 heavy (non-hydrogen) atoms. The molecule has 0 unspecified atom stereocenters. The van der Waals surface area contributed by atoms with Gasteiger partial charge in [-0.05, 0) is 47.9 Å². The maximum absolute atomic E-state index is 11.7. The van der Waals surface area contributed by atoms with Crippen LogP contribution in [-0.4, -0.2) is 24.9 Å². The Morgan fingerprint density at radius 2 is 2.04 bits per heavy atom. The second-order valence-corrected chi connectivity index (χ2v) is 7.89. The van der Waals surface area contributed by atoms with Gasteiger partial charge in [-0.3, -0.25) is 14.9 Å². The summed E-state index contributed by atoms with van der Waals surface area (Å²) in [5, 5.41) is 2.24. The predicted octanol–water partition coefficient (Wildman–Crippen LogP) is 5.02. The SMILES string of the molecule is COc1ccc(/C=C2\SC(=O)NC2=O)c(Cl)c1OCCC1CCCCC1. The van der Waals surface area contributed by atoms with Gasteiger partial charge in [0.25, 0.3) is 11.1 Å². The number of hydrogen-bond acceptors (Lipinski definition) is 5. The van der Waals surface area contributed by atoms with E-state index in [0.29, 0.717) is 39.5 Å². The van der Waals surface area contributed by atoms with Gasteiger partial charge in [-0.15, -0.1) is 0 Å². The van der Waals surface area contributed by atoms with Crippen LogP contribution in [0.4, 0.5) is 4.79 Å². The number of carbonyl (C=O) groups is 2. The number of benzene rings is 1. The van der Waals surface area contributed by atoms with E-state index in [2.05, 4.69) is 5.32 Å². The summed E-state index contributed by atoms with van der Waals surface area (Å²) < 4.78 is 11.3. The molecule has 0 radical (unpaired) electrons. The minimum absolute atomic E-state index is 0.315. The van der Waals surface area contributed by atoms with Crippen molar-refractivity contribution in [3.8, 4) is 11.5 Å². The van der Waals surface area contributed by atoms with Gasteiger partial charge in [0.05, 0.1) is 23.6 Å². The molecule has 1 heterocycles. The number of imide groups is 1. The predicted molar refractivity (Wildman–Crippen MR) is 104 cm³/mol. The Hall–Kier alpha value is -1.66. The molecule has 7 heteroatoms. The zero-order valence-electron chi connectivity index (χ0n) is 14.7. The van der Waals surface area contributed by atoms with E-state index >= 15 is 0 Å². The van der Waals surface area contributed by atoms with Crippen molar-refractivity contribution in [3.63, 3.8) is 0 Å². The van der Waals surface area contributed by atoms with Gasteiger partial charge in [-0.1, -0.05) is 43.7 Å². The maximum Gasteiger partial charge on any atom is 0.290 e. The van der Waals surface area contributed by atoms with Gasteiger partial charge in [0, 0.05) is 0 Å². The summed E-state index contributed by atoms with van der Waals surface area (Å²) in [4.78, 5) is 23.4. The fourth-order valence-electron chi connectivity index (χ4n) is 3.33. The van der Waals surface area contributed by atoms with E-state index in [1.54, 1.807) is 25.3 Å². The second kappa shape index (κ2) is 8.82. The summed E-state index contributed by atoms with van der Waals surface area (Å²) in [6, 6.07) is 3.51. The van der Waals surface area contributed by atoms with E-state index < -0.39 is 5.91 Å². The molecule has 5 nitrogen and oxygen atoms in total. The molecule has 1 N–H and O–H groups in total. The number of thioether (sulfide) groups is 1. The first-order valence-electron chi connectivity index (χ1n) is 8.82. The van der Waals surface area contributed by atoms with Crippen LogP contribution in [0.5, 0.6) is 11.5 Å². The summed E-state index contributed by atoms with van der Waals surface area (Å²) in [7, 11) is 1.57. The van der Waals surface area contributed by atoms with Crippen LogP contribution >= 0.6 is 23.4 Å². The highest BCUT2D eigenvalue weighted by Gasteiger charge is 2.26. The van der Waals surface area contributed by atoms with Crippen molar-refractivity contribution < 1.29 is 19.1 Å². The standard InChI is InChI=1S/C19H22ClNO4S/c1-24-14-8-7-13(11-15-18(22)21-19(23)26-15)16(20)17(14)25-10-9-12-5-3-2-4-6-12/h7-8,11-12H,2-6,9-10H2,1H3,(H,21,22,23)/b15-11-. The lowest BCUT2D eigenvalue weighted by atomic mass is 9.87. The smallest absolute Gasteiger partial charge is 0.290 e. The minimum atomic E-state index is -0.411. The van der Waals surface area contributed by atoms with Crippen LogP contribution in [0.1, 0.15) is 44.1 Å². The molecule has 3 rings (SSSR count). The van der Waals surface area contributed by atoms with Crippen molar-refractivity contribution in [3.05, 3.63) is 27.6 Å². The quantitative estimate of drug-likeness (QED) is 0.685. The molecule has 0 atom stereocenters. The molecule has 1 aliphatic heterocycles. The summed E-state index contributed by atoms with van der Waals surface area (Å²) in [6.45, 7) is 0.578. The van der Waals surface area contributed by atoms with Gasteiger partial charge in [0.2, 0.25) is 0 Å². The second-order valence-electron chi connectivity index (χ2n) is 6.49. The summed E-state index contributed by atoms with van der Waals surface area (Å²) in [5.41, 5.74) is 0.618. The number of carbonyl (C=O) groups excluding carboxylic acids is 2. The van der Waals surface area contributed by atoms with E-state index in [1.165, 1.54) is 32.1 Å². The van der Waals surface area contributed by atoms with Crippen molar-refractivity contribution in [1.29, 1.82) is 0 Å². The van der Waals surface area contributed by atoms with Crippen molar-refractivity contribution >= 4 is 40.6 Å². The van der Waals surface area contributed by atoms with E-state index in [0.717, 1.165) is 18.2 Å². The Labute approximate surface area is 162 Å².